The number of carbonyl (C=O) groups is 2. The molecule has 0 spiro atoms. The van der Waals surface area contributed by atoms with Gasteiger partial charge in [-0.15, -0.1) is 11.3 Å². The predicted molar refractivity (Wildman–Crippen MR) is 97.6 cm³/mol. The largest absolute Gasteiger partial charge is 0.339 e. The molecule has 2 amide bonds. The molecule has 3 rings (SSSR count). The fraction of sp³-hybridized carbons (Fsp3) is 0.263. The number of amides is 2. The van der Waals surface area contributed by atoms with E-state index in [0.717, 1.165) is 15.3 Å². The second-order valence-electron chi connectivity index (χ2n) is 5.87. The molecule has 1 aliphatic heterocycles. The predicted octanol–water partition coefficient (Wildman–Crippen LogP) is 3.26. The molecule has 1 saturated heterocycles. The summed E-state index contributed by atoms with van der Waals surface area (Å²) in [5, 5.41) is 0. The van der Waals surface area contributed by atoms with E-state index in [9.17, 15) is 14.0 Å². The van der Waals surface area contributed by atoms with E-state index in [1.165, 1.54) is 12.1 Å². The normalized spacial score (nSPS) is 15.0. The summed E-state index contributed by atoms with van der Waals surface area (Å²) in [5.74, 6) is -0.245. The maximum absolute atomic E-state index is 13.0. The van der Waals surface area contributed by atoms with Crippen molar-refractivity contribution in [2.24, 2.45) is 0 Å². The summed E-state index contributed by atoms with van der Waals surface area (Å²) < 4.78 is 13.0. The molecule has 1 fully saturated rings. The second-order valence-corrected chi connectivity index (χ2v) is 6.99. The van der Waals surface area contributed by atoms with Crippen LogP contribution in [0.2, 0.25) is 0 Å². The van der Waals surface area contributed by atoms with Crippen molar-refractivity contribution in [3.63, 3.8) is 0 Å². The van der Waals surface area contributed by atoms with Crippen LogP contribution in [0.5, 0.6) is 0 Å². The Hall–Kier alpha value is -2.47. The smallest absolute Gasteiger partial charge is 0.246 e. The van der Waals surface area contributed by atoms with E-state index in [0.29, 0.717) is 26.2 Å². The van der Waals surface area contributed by atoms with Gasteiger partial charge in [-0.1, -0.05) is 12.1 Å². The number of halogens is 1. The first-order valence-electron chi connectivity index (χ1n) is 8.11. The minimum absolute atomic E-state index is 0.0417. The molecule has 0 aliphatic carbocycles. The second kappa shape index (κ2) is 7.61. The number of benzene rings is 1. The van der Waals surface area contributed by atoms with E-state index in [2.05, 4.69) is 0 Å². The molecule has 2 heterocycles. The SMILES string of the molecule is CC(=O)N1CCN(C(=O)C=Cc2ccc(-c3ccc(F)cc3)s2)CC1. The highest BCUT2D eigenvalue weighted by Crippen LogP contribution is 2.29. The van der Waals surface area contributed by atoms with Gasteiger partial charge in [0.1, 0.15) is 5.82 Å². The summed E-state index contributed by atoms with van der Waals surface area (Å²) in [6, 6.07) is 10.3. The number of rotatable bonds is 3. The molecule has 6 heteroatoms. The van der Waals surface area contributed by atoms with Gasteiger partial charge in [-0.2, -0.15) is 0 Å². The van der Waals surface area contributed by atoms with Gasteiger partial charge in [0, 0.05) is 48.9 Å². The molecule has 25 heavy (non-hydrogen) atoms. The van der Waals surface area contributed by atoms with Crippen LogP contribution in [0.3, 0.4) is 0 Å². The Morgan fingerprint density at radius 1 is 1.00 bits per heavy atom. The van der Waals surface area contributed by atoms with Crippen LogP contribution in [0.25, 0.3) is 16.5 Å². The van der Waals surface area contributed by atoms with Gasteiger partial charge >= 0.3 is 0 Å². The monoisotopic (exact) mass is 358 g/mol. The highest BCUT2D eigenvalue weighted by atomic mass is 32.1. The van der Waals surface area contributed by atoms with Crippen molar-refractivity contribution in [2.75, 3.05) is 26.2 Å². The fourth-order valence-corrected chi connectivity index (χ4v) is 3.63. The van der Waals surface area contributed by atoms with Gasteiger partial charge in [0.2, 0.25) is 11.8 Å². The molecule has 0 atom stereocenters. The topological polar surface area (TPSA) is 40.6 Å². The molecule has 1 aliphatic rings. The highest BCUT2D eigenvalue weighted by Gasteiger charge is 2.20. The summed E-state index contributed by atoms with van der Waals surface area (Å²) in [6.45, 7) is 3.85. The minimum Gasteiger partial charge on any atom is -0.339 e. The van der Waals surface area contributed by atoms with E-state index in [1.807, 2.05) is 12.1 Å². The molecule has 0 bridgehead atoms. The quantitative estimate of drug-likeness (QED) is 0.790. The summed E-state index contributed by atoms with van der Waals surface area (Å²) in [5.41, 5.74) is 0.956. The van der Waals surface area contributed by atoms with Crippen molar-refractivity contribution in [1.82, 2.24) is 9.80 Å². The first kappa shape index (κ1) is 17.4. The third-order valence-corrected chi connectivity index (χ3v) is 5.28. The number of thiophene rings is 1. The van der Waals surface area contributed by atoms with Crippen molar-refractivity contribution in [1.29, 1.82) is 0 Å². The average molecular weight is 358 g/mol. The fourth-order valence-electron chi connectivity index (χ4n) is 2.71. The van der Waals surface area contributed by atoms with Crippen molar-refractivity contribution in [3.8, 4) is 10.4 Å². The van der Waals surface area contributed by atoms with Crippen molar-refractivity contribution >= 4 is 29.2 Å². The van der Waals surface area contributed by atoms with Gasteiger partial charge in [0.15, 0.2) is 0 Å². The summed E-state index contributed by atoms with van der Waals surface area (Å²) in [4.78, 5) is 29.1. The zero-order chi connectivity index (χ0) is 17.8. The Labute approximate surface area is 150 Å². The van der Waals surface area contributed by atoms with Gasteiger partial charge in [0.25, 0.3) is 0 Å². The lowest BCUT2D eigenvalue weighted by molar-refractivity contribution is -0.135. The van der Waals surface area contributed by atoms with Crippen molar-refractivity contribution in [3.05, 3.63) is 53.2 Å². The van der Waals surface area contributed by atoms with Crippen LogP contribution in [0.1, 0.15) is 11.8 Å². The molecule has 2 aromatic rings. The summed E-state index contributed by atoms with van der Waals surface area (Å²) in [7, 11) is 0. The maximum Gasteiger partial charge on any atom is 0.246 e. The van der Waals surface area contributed by atoms with Crippen LogP contribution in [-0.4, -0.2) is 47.8 Å². The van der Waals surface area contributed by atoms with Gasteiger partial charge in [-0.25, -0.2) is 4.39 Å². The molecule has 130 valence electrons. The van der Waals surface area contributed by atoms with Crippen LogP contribution in [0, 0.1) is 5.82 Å². The van der Waals surface area contributed by atoms with Crippen LogP contribution in [0.4, 0.5) is 4.39 Å². The molecular weight excluding hydrogens is 339 g/mol. The Morgan fingerprint density at radius 3 is 2.28 bits per heavy atom. The maximum atomic E-state index is 13.0. The zero-order valence-corrected chi connectivity index (χ0v) is 14.8. The molecule has 1 aromatic carbocycles. The van der Waals surface area contributed by atoms with Crippen LogP contribution >= 0.6 is 11.3 Å². The Balaban J connectivity index is 1.60. The minimum atomic E-state index is -0.254. The van der Waals surface area contributed by atoms with Crippen molar-refractivity contribution in [2.45, 2.75) is 6.92 Å². The number of carbonyl (C=O) groups excluding carboxylic acids is 2. The summed E-state index contributed by atoms with van der Waals surface area (Å²) in [6.07, 6.45) is 3.38. The molecule has 0 saturated carbocycles. The molecular formula is C19H19FN2O2S. The van der Waals surface area contributed by atoms with Gasteiger partial charge in [0.05, 0.1) is 0 Å². The third-order valence-electron chi connectivity index (χ3n) is 4.18. The number of piperazine rings is 1. The highest BCUT2D eigenvalue weighted by molar-refractivity contribution is 7.16. The van der Waals surface area contributed by atoms with Gasteiger partial charge in [-0.05, 0) is 35.9 Å². The van der Waals surface area contributed by atoms with Gasteiger partial charge in [-0.3, -0.25) is 9.59 Å². The molecule has 1 aromatic heterocycles. The number of hydrogen-bond donors (Lipinski definition) is 0. The first-order chi connectivity index (χ1) is 12.0. The number of hydrogen-bond acceptors (Lipinski definition) is 3. The van der Waals surface area contributed by atoms with Crippen molar-refractivity contribution < 1.29 is 14.0 Å². The van der Waals surface area contributed by atoms with E-state index in [1.54, 1.807) is 52.3 Å². The van der Waals surface area contributed by atoms with Crippen LogP contribution in [-0.2, 0) is 9.59 Å². The Morgan fingerprint density at radius 2 is 1.64 bits per heavy atom. The van der Waals surface area contributed by atoms with E-state index < -0.39 is 0 Å². The third kappa shape index (κ3) is 4.33. The molecule has 0 radical (unpaired) electrons. The average Bonchev–Trinajstić information content (AvgIpc) is 3.09. The standard InChI is InChI=1S/C19H19FN2O2S/c1-14(23)21-10-12-22(13-11-21)19(24)9-7-17-6-8-18(25-17)15-2-4-16(20)5-3-15/h2-9H,10-13H2,1H3. The lowest BCUT2D eigenvalue weighted by Gasteiger charge is -2.33. The van der Waals surface area contributed by atoms with E-state index in [4.69, 9.17) is 0 Å². The van der Waals surface area contributed by atoms with Crippen LogP contribution < -0.4 is 0 Å². The molecule has 4 nitrogen and oxygen atoms in total. The van der Waals surface area contributed by atoms with Crippen LogP contribution in [0.15, 0.2) is 42.5 Å². The molecule has 0 N–H and O–H groups in total. The lowest BCUT2D eigenvalue weighted by Crippen LogP contribution is -2.49. The first-order valence-corrected chi connectivity index (χ1v) is 8.93. The zero-order valence-electron chi connectivity index (χ0n) is 13.9. The summed E-state index contributed by atoms with van der Waals surface area (Å²) >= 11 is 1.55. The van der Waals surface area contributed by atoms with E-state index >= 15 is 0 Å². The van der Waals surface area contributed by atoms with Gasteiger partial charge < -0.3 is 9.80 Å². The Bertz CT molecular complexity index is 790. The number of nitrogens with zero attached hydrogens (tertiary/aromatic N) is 2. The molecule has 0 unspecified atom stereocenters. The Kier molecular flexibility index (Phi) is 5.28. The van der Waals surface area contributed by atoms with E-state index in [-0.39, 0.29) is 17.6 Å². The lowest BCUT2D eigenvalue weighted by atomic mass is 10.2.